The van der Waals surface area contributed by atoms with E-state index in [2.05, 4.69) is 18.7 Å². The maximum absolute atomic E-state index is 12.3. The van der Waals surface area contributed by atoms with Gasteiger partial charge in [0.25, 0.3) is 0 Å². The van der Waals surface area contributed by atoms with Crippen molar-refractivity contribution in [2.45, 2.75) is 27.2 Å². The lowest BCUT2D eigenvalue weighted by molar-refractivity contribution is 0.0941. The molecule has 3 nitrogen and oxygen atoms in total. The molecular weight excluding hydrogens is 238 g/mol. The molecule has 0 unspecified atom stereocenters. The van der Waals surface area contributed by atoms with Crippen molar-refractivity contribution in [1.82, 2.24) is 4.90 Å². The largest absolute Gasteiger partial charge is 0.496 e. The van der Waals surface area contributed by atoms with E-state index in [1.54, 1.807) is 7.11 Å². The van der Waals surface area contributed by atoms with Crippen LogP contribution < -0.4 is 4.74 Å². The van der Waals surface area contributed by atoms with Crippen LogP contribution in [0.25, 0.3) is 0 Å². The molecule has 0 radical (unpaired) electrons. The van der Waals surface area contributed by atoms with Gasteiger partial charge in [-0.1, -0.05) is 19.9 Å². The maximum Gasteiger partial charge on any atom is 0.180 e. The lowest BCUT2D eigenvalue weighted by Gasteiger charge is -2.17. The van der Waals surface area contributed by atoms with Gasteiger partial charge in [0.05, 0.1) is 19.2 Å². The molecule has 0 atom stereocenters. The minimum absolute atomic E-state index is 0.114. The molecule has 0 spiro atoms. The lowest BCUT2D eigenvalue weighted by atomic mass is 10.1. The predicted octanol–water partition coefficient (Wildman–Crippen LogP) is 3.16. The highest BCUT2D eigenvalue weighted by atomic mass is 16.5. The summed E-state index contributed by atoms with van der Waals surface area (Å²) < 4.78 is 5.29. The third-order valence-electron chi connectivity index (χ3n) is 3.16. The van der Waals surface area contributed by atoms with Crippen LogP contribution in [-0.4, -0.2) is 37.9 Å². The normalized spacial score (nSPS) is 11.1. The summed E-state index contributed by atoms with van der Waals surface area (Å²) in [5.41, 5.74) is 1.77. The van der Waals surface area contributed by atoms with Crippen LogP contribution in [0.5, 0.6) is 5.75 Å². The van der Waals surface area contributed by atoms with E-state index < -0.39 is 0 Å². The number of hydrogen-bond acceptors (Lipinski definition) is 3. The Morgan fingerprint density at radius 1 is 1.37 bits per heavy atom. The quantitative estimate of drug-likeness (QED) is 0.708. The topological polar surface area (TPSA) is 29.5 Å². The minimum atomic E-state index is 0.114. The predicted molar refractivity (Wildman–Crippen MR) is 79.0 cm³/mol. The van der Waals surface area contributed by atoms with E-state index >= 15 is 0 Å². The monoisotopic (exact) mass is 263 g/mol. The number of rotatable bonds is 7. The Morgan fingerprint density at radius 2 is 2.05 bits per heavy atom. The van der Waals surface area contributed by atoms with Crippen molar-refractivity contribution < 1.29 is 9.53 Å². The van der Waals surface area contributed by atoms with Gasteiger partial charge in [-0.2, -0.15) is 0 Å². The van der Waals surface area contributed by atoms with E-state index in [4.69, 9.17) is 4.74 Å². The molecule has 0 bridgehead atoms. The highest BCUT2D eigenvalue weighted by Crippen LogP contribution is 2.20. The number of aryl methyl sites for hydroxylation is 1. The molecule has 0 aliphatic heterocycles. The van der Waals surface area contributed by atoms with E-state index in [9.17, 15) is 4.79 Å². The first kappa shape index (κ1) is 15.7. The van der Waals surface area contributed by atoms with Gasteiger partial charge >= 0.3 is 0 Å². The highest BCUT2D eigenvalue weighted by Gasteiger charge is 2.14. The van der Waals surface area contributed by atoms with Gasteiger partial charge in [-0.05, 0) is 50.6 Å². The Kier molecular flexibility index (Phi) is 6.03. The van der Waals surface area contributed by atoms with Crippen LogP contribution in [0.4, 0.5) is 0 Å². The van der Waals surface area contributed by atoms with Crippen LogP contribution in [0.3, 0.4) is 0 Å². The van der Waals surface area contributed by atoms with Crippen molar-refractivity contribution in [3.05, 3.63) is 29.3 Å². The van der Waals surface area contributed by atoms with Crippen LogP contribution >= 0.6 is 0 Å². The third-order valence-corrected chi connectivity index (χ3v) is 3.16. The lowest BCUT2D eigenvalue weighted by Crippen LogP contribution is -2.28. The van der Waals surface area contributed by atoms with E-state index in [-0.39, 0.29) is 5.78 Å². The zero-order valence-corrected chi connectivity index (χ0v) is 12.7. The van der Waals surface area contributed by atoms with Gasteiger partial charge in [-0.25, -0.2) is 0 Å². The molecule has 106 valence electrons. The minimum Gasteiger partial charge on any atom is -0.496 e. The second-order valence-electron chi connectivity index (χ2n) is 5.55. The number of methoxy groups -OCH3 is 1. The molecule has 0 saturated heterocycles. The highest BCUT2D eigenvalue weighted by molar-refractivity contribution is 6.00. The summed E-state index contributed by atoms with van der Waals surface area (Å²) >= 11 is 0. The number of ether oxygens (including phenoxy) is 1. The molecule has 0 heterocycles. The number of ketones is 1. The van der Waals surface area contributed by atoms with E-state index in [1.165, 1.54) is 0 Å². The van der Waals surface area contributed by atoms with Gasteiger partial charge < -0.3 is 4.74 Å². The number of carbonyl (C=O) groups is 1. The number of nitrogens with zero attached hydrogens (tertiary/aromatic N) is 1. The van der Waals surface area contributed by atoms with Gasteiger partial charge in [-0.15, -0.1) is 0 Å². The van der Waals surface area contributed by atoms with Crippen molar-refractivity contribution in [3.8, 4) is 5.75 Å². The molecule has 1 aromatic carbocycles. The van der Waals surface area contributed by atoms with Crippen molar-refractivity contribution >= 4 is 5.78 Å². The van der Waals surface area contributed by atoms with Crippen molar-refractivity contribution in [3.63, 3.8) is 0 Å². The molecule has 0 amide bonds. The van der Waals surface area contributed by atoms with E-state index in [1.807, 2.05) is 32.2 Å². The molecule has 3 heteroatoms. The first-order valence-electron chi connectivity index (χ1n) is 6.80. The number of benzene rings is 1. The second-order valence-corrected chi connectivity index (χ2v) is 5.55. The molecule has 0 fully saturated rings. The molecule has 0 N–H and O–H groups in total. The summed E-state index contributed by atoms with van der Waals surface area (Å²) in [7, 11) is 3.59. The van der Waals surface area contributed by atoms with E-state index in [0.717, 1.165) is 18.5 Å². The summed E-state index contributed by atoms with van der Waals surface area (Å²) in [5, 5.41) is 0. The van der Waals surface area contributed by atoms with Crippen LogP contribution in [0.2, 0.25) is 0 Å². The zero-order valence-electron chi connectivity index (χ0n) is 12.7. The van der Waals surface area contributed by atoms with Crippen LogP contribution in [0.1, 0.15) is 36.2 Å². The molecule has 0 aromatic heterocycles. The fourth-order valence-corrected chi connectivity index (χ4v) is 1.92. The average Bonchev–Trinajstić information content (AvgIpc) is 2.35. The summed E-state index contributed by atoms with van der Waals surface area (Å²) in [6.45, 7) is 7.76. The van der Waals surface area contributed by atoms with Gasteiger partial charge in [-0.3, -0.25) is 9.69 Å². The summed E-state index contributed by atoms with van der Waals surface area (Å²) in [4.78, 5) is 14.3. The van der Waals surface area contributed by atoms with Gasteiger partial charge in [0.15, 0.2) is 5.78 Å². The molecule has 0 aliphatic rings. The van der Waals surface area contributed by atoms with Gasteiger partial charge in [0.1, 0.15) is 5.75 Å². The molecule has 0 aliphatic carbocycles. The standard InChI is InChI=1S/C16H25NO2/c1-12(2)8-9-17(4)11-15(18)14-7-6-13(3)10-16(14)19-5/h6-7,10,12H,8-9,11H2,1-5H3. The fraction of sp³-hybridized carbons (Fsp3) is 0.562. The molecule has 1 rings (SSSR count). The number of carbonyl (C=O) groups excluding carboxylic acids is 1. The second kappa shape index (κ2) is 7.29. The molecular formula is C16H25NO2. The molecule has 1 aromatic rings. The number of likely N-dealkylation sites (N-methyl/N-ethyl adjacent to an activating group) is 1. The fourth-order valence-electron chi connectivity index (χ4n) is 1.92. The van der Waals surface area contributed by atoms with Crippen molar-refractivity contribution in [2.75, 3.05) is 27.2 Å². The Morgan fingerprint density at radius 3 is 2.63 bits per heavy atom. The van der Waals surface area contributed by atoms with Gasteiger partial charge in [0, 0.05) is 0 Å². The van der Waals surface area contributed by atoms with Gasteiger partial charge in [0.2, 0.25) is 0 Å². The molecule has 0 saturated carbocycles. The third kappa shape index (κ3) is 5.03. The Hall–Kier alpha value is -1.35. The number of hydrogen-bond donors (Lipinski definition) is 0. The van der Waals surface area contributed by atoms with E-state index in [0.29, 0.717) is 23.8 Å². The van der Waals surface area contributed by atoms with Crippen LogP contribution in [0.15, 0.2) is 18.2 Å². The summed E-state index contributed by atoms with van der Waals surface area (Å²) in [6.07, 6.45) is 1.11. The summed E-state index contributed by atoms with van der Waals surface area (Å²) in [6, 6.07) is 5.71. The Labute approximate surface area is 116 Å². The zero-order chi connectivity index (χ0) is 14.4. The van der Waals surface area contributed by atoms with Crippen LogP contribution in [-0.2, 0) is 0 Å². The average molecular weight is 263 g/mol. The van der Waals surface area contributed by atoms with Crippen molar-refractivity contribution in [2.24, 2.45) is 5.92 Å². The smallest absolute Gasteiger partial charge is 0.180 e. The van der Waals surface area contributed by atoms with Crippen LogP contribution in [0, 0.1) is 12.8 Å². The van der Waals surface area contributed by atoms with Crippen molar-refractivity contribution in [1.29, 1.82) is 0 Å². The SMILES string of the molecule is COc1cc(C)ccc1C(=O)CN(C)CCC(C)C. The Balaban J connectivity index is 2.67. The Bertz CT molecular complexity index is 427. The first-order valence-corrected chi connectivity index (χ1v) is 6.80. The molecule has 19 heavy (non-hydrogen) atoms. The number of Topliss-reactive ketones (excluding diaryl/α,β-unsaturated/α-hetero) is 1. The summed E-state index contributed by atoms with van der Waals surface area (Å²) in [5.74, 6) is 1.44. The first-order chi connectivity index (χ1) is 8.93. The maximum atomic E-state index is 12.3.